The van der Waals surface area contributed by atoms with Crippen molar-refractivity contribution in [3.63, 3.8) is 0 Å². The van der Waals surface area contributed by atoms with Gasteiger partial charge in [0.15, 0.2) is 5.82 Å². The molecule has 2 aliphatic rings. The summed E-state index contributed by atoms with van der Waals surface area (Å²) < 4.78 is 40.3. The number of nitrogens with zero attached hydrogens (tertiary/aromatic N) is 3. The Hall–Kier alpha value is -2.59. The molecule has 1 aromatic heterocycles. The molecule has 0 bridgehead atoms. The maximum Gasteiger partial charge on any atom is 0.247 e. The van der Waals surface area contributed by atoms with Crippen molar-refractivity contribution in [3.8, 4) is 11.5 Å². The van der Waals surface area contributed by atoms with Crippen molar-refractivity contribution in [1.29, 1.82) is 0 Å². The molecule has 4 rings (SSSR count). The summed E-state index contributed by atoms with van der Waals surface area (Å²) in [5, 5.41) is 7.28. The number of aromatic nitrogens is 2. The molecule has 0 saturated heterocycles. The van der Waals surface area contributed by atoms with Crippen LogP contribution in [0, 0.1) is 5.92 Å². The third-order valence-electron chi connectivity index (χ3n) is 5.39. The van der Waals surface area contributed by atoms with Crippen LogP contribution in [0.4, 0.5) is 5.82 Å². The molecule has 1 amide bonds. The predicted octanol–water partition coefficient (Wildman–Crippen LogP) is 1.53. The van der Waals surface area contributed by atoms with E-state index in [4.69, 9.17) is 9.47 Å². The minimum atomic E-state index is -3.84. The zero-order valence-electron chi connectivity index (χ0n) is 16.6. The van der Waals surface area contributed by atoms with Gasteiger partial charge in [0.2, 0.25) is 15.9 Å². The summed E-state index contributed by atoms with van der Waals surface area (Å²) in [5.74, 6) is 1.11. The molecule has 9 nitrogen and oxygen atoms in total. The summed E-state index contributed by atoms with van der Waals surface area (Å²) in [6, 6.07) is 4.69. The molecule has 0 spiro atoms. The number of carbonyl (C=O) groups excluding carboxylic acids is 1. The van der Waals surface area contributed by atoms with E-state index in [-0.39, 0.29) is 29.0 Å². The van der Waals surface area contributed by atoms with Crippen LogP contribution in [0.15, 0.2) is 23.1 Å². The molecule has 1 saturated carbocycles. The van der Waals surface area contributed by atoms with Gasteiger partial charge in [-0.25, -0.2) is 8.42 Å². The van der Waals surface area contributed by atoms with Gasteiger partial charge in [-0.05, 0) is 25.0 Å². The number of carbonyl (C=O) groups is 1. The van der Waals surface area contributed by atoms with E-state index in [9.17, 15) is 13.2 Å². The summed E-state index contributed by atoms with van der Waals surface area (Å²) in [6.07, 6.45) is 2.28. The lowest BCUT2D eigenvalue weighted by molar-refractivity contribution is -0.117. The molecule has 1 aliphatic carbocycles. The molecule has 1 aliphatic heterocycles. The van der Waals surface area contributed by atoms with E-state index in [1.165, 1.54) is 24.6 Å². The van der Waals surface area contributed by atoms with Crippen LogP contribution in [0.5, 0.6) is 11.5 Å². The Labute approximate surface area is 169 Å². The van der Waals surface area contributed by atoms with Crippen LogP contribution in [-0.2, 0) is 34.8 Å². The Balaban J connectivity index is 1.66. The Morgan fingerprint density at radius 3 is 2.66 bits per heavy atom. The molecule has 0 atom stereocenters. The molecule has 0 unspecified atom stereocenters. The van der Waals surface area contributed by atoms with Crippen molar-refractivity contribution in [2.45, 2.75) is 30.7 Å². The first-order chi connectivity index (χ1) is 13.8. The molecular weight excluding hydrogens is 396 g/mol. The van der Waals surface area contributed by atoms with E-state index in [0.717, 1.165) is 24.1 Å². The summed E-state index contributed by atoms with van der Waals surface area (Å²) >= 11 is 0. The van der Waals surface area contributed by atoms with Gasteiger partial charge >= 0.3 is 0 Å². The summed E-state index contributed by atoms with van der Waals surface area (Å²) in [6.45, 7) is 0.442. The SMILES string of the molecule is COc1ccc(OC)c(S(=O)(=O)N2CCc3c(c(NC(=O)C4CC4)nn3C)C2)c1. The monoisotopic (exact) mass is 420 g/mol. The average Bonchev–Trinajstić information content (AvgIpc) is 3.53. The quantitative estimate of drug-likeness (QED) is 0.760. The first-order valence-electron chi connectivity index (χ1n) is 9.43. The average molecular weight is 420 g/mol. The second kappa shape index (κ2) is 7.34. The van der Waals surface area contributed by atoms with E-state index in [2.05, 4.69) is 10.4 Å². The van der Waals surface area contributed by atoms with E-state index in [1.54, 1.807) is 23.9 Å². The Morgan fingerprint density at radius 2 is 2.00 bits per heavy atom. The lowest BCUT2D eigenvalue weighted by atomic mass is 10.1. The number of methoxy groups -OCH3 is 2. The van der Waals surface area contributed by atoms with Crippen molar-refractivity contribution in [2.24, 2.45) is 13.0 Å². The lowest BCUT2D eigenvalue weighted by Gasteiger charge is -2.27. The first-order valence-corrected chi connectivity index (χ1v) is 10.9. The molecule has 29 heavy (non-hydrogen) atoms. The van der Waals surface area contributed by atoms with E-state index >= 15 is 0 Å². The van der Waals surface area contributed by atoms with Crippen molar-refractivity contribution < 1.29 is 22.7 Å². The largest absolute Gasteiger partial charge is 0.497 e. The summed E-state index contributed by atoms with van der Waals surface area (Å²) in [7, 11) is 0.879. The van der Waals surface area contributed by atoms with Crippen molar-refractivity contribution >= 4 is 21.7 Å². The van der Waals surface area contributed by atoms with Crippen LogP contribution in [0.3, 0.4) is 0 Å². The molecule has 0 radical (unpaired) electrons. The fraction of sp³-hybridized carbons (Fsp3) is 0.474. The Morgan fingerprint density at radius 1 is 1.24 bits per heavy atom. The van der Waals surface area contributed by atoms with Crippen molar-refractivity contribution in [3.05, 3.63) is 29.5 Å². The zero-order valence-corrected chi connectivity index (χ0v) is 17.5. The molecule has 2 heterocycles. The third-order valence-corrected chi connectivity index (χ3v) is 7.25. The fourth-order valence-electron chi connectivity index (χ4n) is 3.56. The van der Waals surface area contributed by atoms with Crippen LogP contribution in [0.1, 0.15) is 24.1 Å². The van der Waals surface area contributed by atoms with E-state index < -0.39 is 10.0 Å². The van der Waals surface area contributed by atoms with E-state index in [0.29, 0.717) is 24.5 Å². The number of nitrogens with one attached hydrogen (secondary N) is 1. The summed E-state index contributed by atoms with van der Waals surface area (Å²) in [5.41, 5.74) is 1.67. The van der Waals surface area contributed by atoms with Gasteiger partial charge in [-0.15, -0.1) is 0 Å². The van der Waals surface area contributed by atoms with Crippen LogP contribution in [-0.4, -0.2) is 49.2 Å². The van der Waals surface area contributed by atoms with Gasteiger partial charge in [-0.3, -0.25) is 9.48 Å². The highest BCUT2D eigenvalue weighted by Gasteiger charge is 2.36. The van der Waals surface area contributed by atoms with Gasteiger partial charge < -0.3 is 14.8 Å². The number of fused-ring (bicyclic) bond motifs is 1. The van der Waals surface area contributed by atoms with Gasteiger partial charge in [0, 0.05) is 49.8 Å². The lowest BCUT2D eigenvalue weighted by Crippen LogP contribution is -2.36. The van der Waals surface area contributed by atoms with Crippen LogP contribution in [0.2, 0.25) is 0 Å². The van der Waals surface area contributed by atoms with Crippen LogP contribution >= 0.6 is 0 Å². The molecule has 10 heteroatoms. The predicted molar refractivity (Wildman–Crippen MR) is 105 cm³/mol. The Kier molecular flexibility index (Phi) is 4.99. The zero-order chi connectivity index (χ0) is 20.8. The second-order valence-electron chi connectivity index (χ2n) is 7.27. The first kappa shape index (κ1) is 19.7. The smallest absolute Gasteiger partial charge is 0.247 e. The molecule has 1 aromatic carbocycles. The summed E-state index contributed by atoms with van der Waals surface area (Å²) in [4.78, 5) is 12.3. The molecule has 1 fully saturated rings. The highest BCUT2D eigenvalue weighted by atomic mass is 32.2. The number of amides is 1. The number of sulfonamides is 1. The minimum Gasteiger partial charge on any atom is -0.497 e. The maximum absolute atomic E-state index is 13.4. The number of ether oxygens (including phenoxy) is 2. The van der Waals surface area contributed by atoms with Crippen molar-refractivity contribution in [1.82, 2.24) is 14.1 Å². The minimum absolute atomic E-state index is 0.0390. The number of rotatable bonds is 6. The van der Waals surface area contributed by atoms with Gasteiger partial charge in [-0.2, -0.15) is 9.40 Å². The number of benzene rings is 1. The Bertz CT molecular complexity index is 1060. The maximum atomic E-state index is 13.4. The topological polar surface area (TPSA) is 103 Å². The standard InChI is InChI=1S/C19H24N4O5S/c1-22-15-8-9-23(11-14(15)18(21-22)20-19(24)12-4-5-12)29(25,26)17-10-13(27-2)6-7-16(17)28-3/h6-7,10,12H,4-5,8-9,11H2,1-3H3,(H,20,21,24). The second-order valence-corrected chi connectivity index (χ2v) is 9.17. The van der Waals surface area contributed by atoms with E-state index in [1.807, 2.05) is 0 Å². The van der Waals surface area contributed by atoms with Crippen molar-refractivity contribution in [2.75, 3.05) is 26.1 Å². The normalized spacial score (nSPS) is 16.9. The number of hydrogen-bond acceptors (Lipinski definition) is 6. The number of anilines is 1. The van der Waals surface area contributed by atoms with Gasteiger partial charge in [0.1, 0.15) is 16.4 Å². The van der Waals surface area contributed by atoms with Gasteiger partial charge in [0.05, 0.1) is 14.2 Å². The molecular formula is C19H24N4O5S. The molecule has 1 N–H and O–H groups in total. The fourth-order valence-corrected chi connectivity index (χ4v) is 5.14. The van der Waals surface area contributed by atoms with Gasteiger partial charge in [-0.1, -0.05) is 0 Å². The number of hydrogen-bond donors (Lipinski definition) is 1. The van der Waals surface area contributed by atoms with Gasteiger partial charge in [0.25, 0.3) is 0 Å². The highest BCUT2D eigenvalue weighted by molar-refractivity contribution is 7.89. The molecule has 2 aromatic rings. The number of aryl methyl sites for hydroxylation is 1. The van der Waals surface area contributed by atoms with Crippen LogP contribution < -0.4 is 14.8 Å². The highest BCUT2D eigenvalue weighted by Crippen LogP contribution is 2.35. The van der Waals surface area contributed by atoms with Crippen LogP contribution in [0.25, 0.3) is 0 Å². The molecule has 156 valence electrons. The third kappa shape index (κ3) is 3.58.